The van der Waals surface area contributed by atoms with Crippen molar-refractivity contribution in [3.05, 3.63) is 42.2 Å². The highest BCUT2D eigenvalue weighted by Gasteiger charge is 2.33. The van der Waals surface area contributed by atoms with Crippen molar-refractivity contribution in [2.24, 2.45) is 4.99 Å². The molecular weight excluding hydrogens is 278 g/mol. The van der Waals surface area contributed by atoms with Crippen molar-refractivity contribution < 1.29 is 9.47 Å². The van der Waals surface area contributed by atoms with Gasteiger partial charge in [-0.1, -0.05) is 4.90 Å². The van der Waals surface area contributed by atoms with Gasteiger partial charge in [0.15, 0.2) is 6.20 Å². The highest BCUT2D eigenvalue weighted by Crippen LogP contribution is 2.33. The molecule has 2 aliphatic heterocycles. The van der Waals surface area contributed by atoms with Crippen LogP contribution in [0.3, 0.4) is 0 Å². The Bertz CT molecular complexity index is 625. The molecule has 6 heteroatoms. The van der Waals surface area contributed by atoms with Gasteiger partial charge in [-0.3, -0.25) is 0 Å². The average molecular weight is 292 g/mol. The minimum absolute atomic E-state index is 0.568. The van der Waals surface area contributed by atoms with Gasteiger partial charge < -0.3 is 9.47 Å². The van der Waals surface area contributed by atoms with Crippen LogP contribution in [0.4, 0.5) is 0 Å². The predicted molar refractivity (Wildman–Crippen MR) is 78.8 cm³/mol. The van der Waals surface area contributed by atoms with Crippen molar-refractivity contribution >= 4 is 23.3 Å². The van der Waals surface area contributed by atoms with Gasteiger partial charge >= 0.3 is 0 Å². The van der Waals surface area contributed by atoms with Gasteiger partial charge in [0, 0.05) is 35.7 Å². The van der Waals surface area contributed by atoms with E-state index in [9.17, 15) is 0 Å². The summed E-state index contributed by atoms with van der Waals surface area (Å²) in [6, 6.07) is 5.67. The van der Waals surface area contributed by atoms with Crippen molar-refractivity contribution in [2.45, 2.75) is 0 Å². The summed E-state index contributed by atoms with van der Waals surface area (Å²) in [6.07, 6.45) is 5.62. The highest BCUT2D eigenvalue weighted by atomic mass is 35.5. The molecule has 0 aromatic heterocycles. The minimum Gasteiger partial charge on any atom is -0.497 e. The van der Waals surface area contributed by atoms with E-state index < -0.39 is 0 Å². The van der Waals surface area contributed by atoms with Gasteiger partial charge in [0.1, 0.15) is 17.2 Å². The summed E-state index contributed by atoms with van der Waals surface area (Å²) >= 11 is 5.95. The van der Waals surface area contributed by atoms with E-state index in [4.69, 9.17) is 21.3 Å². The summed E-state index contributed by atoms with van der Waals surface area (Å²) in [5.41, 5.74) is 1.76. The fourth-order valence-corrected chi connectivity index (χ4v) is 2.33. The molecule has 2 heterocycles. The van der Waals surface area contributed by atoms with E-state index in [-0.39, 0.29) is 0 Å². The summed E-state index contributed by atoms with van der Waals surface area (Å²) in [5, 5.41) is 0. The van der Waals surface area contributed by atoms with Crippen molar-refractivity contribution in [1.82, 2.24) is 9.32 Å². The van der Waals surface area contributed by atoms with E-state index >= 15 is 0 Å². The summed E-state index contributed by atoms with van der Waals surface area (Å²) in [7, 11) is 3.26. The second-order valence-electron chi connectivity index (χ2n) is 4.38. The van der Waals surface area contributed by atoms with Gasteiger partial charge in [0.05, 0.1) is 14.2 Å². The maximum absolute atomic E-state index is 5.95. The quantitative estimate of drug-likeness (QED) is 0.634. The van der Waals surface area contributed by atoms with Crippen LogP contribution in [0.1, 0.15) is 5.56 Å². The molecule has 0 saturated heterocycles. The van der Waals surface area contributed by atoms with E-state index in [0.29, 0.717) is 6.67 Å². The maximum Gasteiger partial charge on any atom is 0.285 e. The maximum atomic E-state index is 5.95. The van der Waals surface area contributed by atoms with E-state index in [1.807, 2.05) is 35.4 Å². The SMILES string of the molecule is COc1ccc(C2=C[N+]3CN(Cl)C=CC3=N2)c(OC)c1. The molecule has 1 aromatic rings. The molecule has 0 bridgehead atoms. The number of ether oxygens (including phenoxy) is 2. The highest BCUT2D eigenvalue weighted by molar-refractivity contribution is 6.15. The lowest BCUT2D eigenvalue weighted by atomic mass is 10.1. The lowest BCUT2D eigenvalue weighted by Gasteiger charge is -2.13. The number of amidine groups is 1. The van der Waals surface area contributed by atoms with Crippen molar-refractivity contribution in [2.75, 3.05) is 20.9 Å². The van der Waals surface area contributed by atoms with Crippen LogP contribution >= 0.6 is 11.8 Å². The molecule has 1 radical (unpaired) electrons. The number of fused-ring (bicyclic) bond motifs is 1. The third kappa shape index (κ3) is 2.26. The largest absolute Gasteiger partial charge is 0.497 e. The zero-order chi connectivity index (χ0) is 14.1. The number of halogens is 1. The predicted octanol–water partition coefficient (Wildman–Crippen LogP) is 2.50. The van der Waals surface area contributed by atoms with Crippen LogP contribution in [0.5, 0.6) is 11.5 Å². The number of hydrogen-bond donors (Lipinski definition) is 0. The first-order valence-electron chi connectivity index (χ1n) is 6.11. The van der Waals surface area contributed by atoms with E-state index in [2.05, 4.69) is 4.99 Å². The molecule has 0 aliphatic carbocycles. The van der Waals surface area contributed by atoms with Crippen LogP contribution < -0.4 is 14.4 Å². The normalized spacial score (nSPS) is 17.6. The summed E-state index contributed by atoms with van der Waals surface area (Å²) < 4.78 is 12.2. The molecule has 0 N–H and O–H groups in total. The fraction of sp³-hybridized carbons (Fsp3) is 0.214. The second-order valence-corrected chi connectivity index (χ2v) is 4.81. The summed E-state index contributed by atoms with van der Waals surface area (Å²) in [6.45, 7) is 0.568. The molecule has 0 unspecified atom stereocenters. The number of aliphatic imine (C=N–C) groups is 1. The average Bonchev–Trinajstić information content (AvgIpc) is 2.89. The Morgan fingerprint density at radius 3 is 2.90 bits per heavy atom. The third-order valence-electron chi connectivity index (χ3n) is 3.16. The van der Waals surface area contributed by atoms with Gasteiger partial charge in [0.2, 0.25) is 6.67 Å². The number of hydrogen-bond acceptors (Lipinski definition) is 5. The monoisotopic (exact) mass is 291 g/mol. The zero-order valence-corrected chi connectivity index (χ0v) is 12.0. The third-order valence-corrected chi connectivity index (χ3v) is 3.38. The van der Waals surface area contributed by atoms with Gasteiger partial charge in [-0.2, -0.15) is 4.99 Å². The van der Waals surface area contributed by atoms with Crippen LogP contribution in [0.2, 0.25) is 0 Å². The molecule has 0 amide bonds. The molecule has 20 heavy (non-hydrogen) atoms. The topological polar surface area (TPSA) is 40.0 Å². The molecule has 1 aromatic carbocycles. The van der Waals surface area contributed by atoms with Gasteiger partial charge in [0.25, 0.3) is 5.84 Å². The number of benzene rings is 1. The van der Waals surface area contributed by atoms with E-state index in [1.54, 1.807) is 24.8 Å². The molecule has 5 nitrogen and oxygen atoms in total. The van der Waals surface area contributed by atoms with Crippen molar-refractivity contribution in [3.8, 4) is 11.5 Å². The summed E-state index contributed by atoms with van der Waals surface area (Å²) in [5.74, 6) is 2.35. The Morgan fingerprint density at radius 2 is 2.15 bits per heavy atom. The van der Waals surface area contributed by atoms with E-state index in [1.165, 1.54) is 0 Å². The number of methoxy groups -OCH3 is 2. The van der Waals surface area contributed by atoms with Crippen LogP contribution in [0, 0.1) is 0 Å². The Labute approximate surface area is 122 Å². The van der Waals surface area contributed by atoms with Crippen LogP contribution in [0.15, 0.2) is 41.7 Å². The molecule has 0 fully saturated rings. The molecule has 103 valence electrons. The summed E-state index contributed by atoms with van der Waals surface area (Å²) in [4.78, 5) is 6.57. The number of rotatable bonds is 3. The van der Waals surface area contributed by atoms with Gasteiger partial charge in [-0.25, -0.2) is 4.42 Å². The molecule has 2 aliphatic rings. The Hall–Kier alpha value is -1.98. The van der Waals surface area contributed by atoms with Crippen molar-refractivity contribution in [3.63, 3.8) is 0 Å². The van der Waals surface area contributed by atoms with Crippen LogP contribution in [-0.2, 0) is 0 Å². The first-order valence-corrected chi connectivity index (χ1v) is 6.45. The minimum atomic E-state index is 0.568. The Balaban J connectivity index is 1.97. The zero-order valence-electron chi connectivity index (χ0n) is 11.2. The Morgan fingerprint density at radius 1 is 1.30 bits per heavy atom. The number of nitrogens with zero attached hydrogens (tertiary/aromatic N) is 3. The van der Waals surface area contributed by atoms with Gasteiger partial charge in [-0.15, -0.1) is 0 Å². The lowest BCUT2D eigenvalue weighted by molar-refractivity contribution is 0.393. The smallest absolute Gasteiger partial charge is 0.285 e. The standard InChI is InChI=1S/C14H14ClN3O2/c1-19-10-3-4-11(13(7-10)20-2)12-8-17-9-18(15)6-5-14(17)16-12/h3-8H,9H2,1-2H3/q+1. The molecule has 0 atom stereocenters. The van der Waals surface area contributed by atoms with Crippen LogP contribution in [0.25, 0.3) is 5.70 Å². The molecule has 3 rings (SSSR count). The van der Waals surface area contributed by atoms with Crippen LogP contribution in [-0.4, -0.2) is 31.1 Å². The first kappa shape index (κ1) is 13.0. The molecular formula is C14H14ClN3O2+. The Kier molecular flexibility index (Phi) is 3.38. The first-order chi connectivity index (χ1) is 9.71. The van der Waals surface area contributed by atoms with Crippen molar-refractivity contribution in [1.29, 1.82) is 0 Å². The molecule has 0 spiro atoms. The fourth-order valence-electron chi connectivity index (χ4n) is 2.16. The molecule has 0 saturated carbocycles. The lowest BCUT2D eigenvalue weighted by Crippen LogP contribution is -2.37. The second kappa shape index (κ2) is 5.19. The van der Waals surface area contributed by atoms with Gasteiger partial charge in [-0.05, 0) is 12.1 Å². The van der Waals surface area contributed by atoms with E-state index in [0.717, 1.165) is 28.6 Å².